The smallest absolute Gasteiger partial charge is 0.262 e. The molecule has 0 radical (unpaired) electrons. The summed E-state index contributed by atoms with van der Waals surface area (Å²) in [6.07, 6.45) is 0. The Morgan fingerprint density at radius 2 is 1.73 bits per heavy atom. The van der Waals surface area contributed by atoms with Crippen molar-refractivity contribution in [1.82, 2.24) is 0 Å². The zero-order valence-electron chi connectivity index (χ0n) is 7.75. The van der Waals surface area contributed by atoms with Gasteiger partial charge in [-0.1, -0.05) is 18.2 Å². The van der Waals surface area contributed by atoms with E-state index in [0.29, 0.717) is 5.00 Å². The van der Waals surface area contributed by atoms with Crippen LogP contribution in [0.1, 0.15) is 0 Å². The number of rotatable bonds is 3. The van der Waals surface area contributed by atoms with Crippen LogP contribution in [0, 0.1) is 0 Å². The summed E-state index contributed by atoms with van der Waals surface area (Å²) >= 11 is 1.35. The molecule has 0 amide bonds. The number of anilines is 1. The second-order valence-corrected chi connectivity index (χ2v) is 5.53. The number of sulfonamides is 1. The summed E-state index contributed by atoms with van der Waals surface area (Å²) < 4.78 is 26.1. The van der Waals surface area contributed by atoms with Crippen molar-refractivity contribution in [2.45, 2.75) is 4.90 Å². The van der Waals surface area contributed by atoms with Gasteiger partial charge < -0.3 is 0 Å². The van der Waals surface area contributed by atoms with Crippen molar-refractivity contribution in [1.29, 1.82) is 0 Å². The van der Waals surface area contributed by atoms with E-state index < -0.39 is 10.0 Å². The van der Waals surface area contributed by atoms with E-state index in [0.717, 1.165) is 0 Å². The van der Waals surface area contributed by atoms with E-state index in [1.807, 2.05) is 5.38 Å². The monoisotopic (exact) mass is 239 g/mol. The molecule has 1 N–H and O–H groups in total. The summed E-state index contributed by atoms with van der Waals surface area (Å²) in [5.41, 5.74) is 0. The molecule has 5 heteroatoms. The van der Waals surface area contributed by atoms with E-state index in [2.05, 4.69) is 4.72 Å². The molecule has 2 rings (SSSR count). The van der Waals surface area contributed by atoms with Gasteiger partial charge in [0.05, 0.1) is 4.90 Å². The quantitative estimate of drug-likeness (QED) is 0.894. The highest BCUT2D eigenvalue weighted by Gasteiger charge is 2.13. The van der Waals surface area contributed by atoms with Gasteiger partial charge in [-0.3, -0.25) is 4.72 Å². The van der Waals surface area contributed by atoms with Crippen molar-refractivity contribution in [2.24, 2.45) is 0 Å². The van der Waals surface area contributed by atoms with Crippen LogP contribution in [0.3, 0.4) is 0 Å². The van der Waals surface area contributed by atoms with Crippen LogP contribution < -0.4 is 4.72 Å². The van der Waals surface area contributed by atoms with Gasteiger partial charge in [0.25, 0.3) is 10.0 Å². The topological polar surface area (TPSA) is 46.2 Å². The Kier molecular flexibility index (Phi) is 2.75. The van der Waals surface area contributed by atoms with E-state index in [1.54, 1.807) is 42.5 Å². The lowest BCUT2D eigenvalue weighted by molar-refractivity contribution is 0.601. The fraction of sp³-hybridized carbons (Fsp3) is 0. The van der Waals surface area contributed by atoms with Gasteiger partial charge in [0.1, 0.15) is 5.00 Å². The minimum absolute atomic E-state index is 0.276. The zero-order chi connectivity index (χ0) is 10.7. The fourth-order valence-corrected chi connectivity index (χ4v) is 3.08. The lowest BCUT2D eigenvalue weighted by Gasteiger charge is -2.04. The summed E-state index contributed by atoms with van der Waals surface area (Å²) in [5, 5.41) is 2.45. The Morgan fingerprint density at radius 3 is 2.33 bits per heavy atom. The Balaban J connectivity index is 2.29. The molecule has 1 aromatic carbocycles. The van der Waals surface area contributed by atoms with Crippen LogP contribution >= 0.6 is 11.3 Å². The van der Waals surface area contributed by atoms with Crippen LogP contribution in [0.5, 0.6) is 0 Å². The van der Waals surface area contributed by atoms with Gasteiger partial charge in [-0.15, -0.1) is 11.3 Å². The average Bonchev–Trinajstić information content (AvgIpc) is 2.71. The largest absolute Gasteiger partial charge is 0.270 e. The summed E-state index contributed by atoms with van der Waals surface area (Å²) in [5.74, 6) is 0. The molecular formula is C10H9NO2S2. The number of benzene rings is 1. The van der Waals surface area contributed by atoms with Gasteiger partial charge in [-0.05, 0) is 29.6 Å². The average molecular weight is 239 g/mol. The Bertz CT molecular complexity index is 518. The van der Waals surface area contributed by atoms with Crippen LogP contribution in [0.25, 0.3) is 0 Å². The van der Waals surface area contributed by atoms with Gasteiger partial charge in [-0.2, -0.15) is 0 Å². The lowest BCUT2D eigenvalue weighted by atomic mass is 10.4. The number of thiophene rings is 1. The van der Waals surface area contributed by atoms with E-state index in [1.165, 1.54) is 11.3 Å². The van der Waals surface area contributed by atoms with E-state index >= 15 is 0 Å². The third-order valence-electron chi connectivity index (χ3n) is 1.81. The van der Waals surface area contributed by atoms with E-state index in [9.17, 15) is 8.42 Å². The molecule has 0 bridgehead atoms. The molecule has 0 aliphatic heterocycles. The molecule has 1 aromatic heterocycles. The van der Waals surface area contributed by atoms with Crippen molar-refractivity contribution >= 4 is 26.4 Å². The first-order valence-electron chi connectivity index (χ1n) is 4.30. The predicted molar refractivity (Wildman–Crippen MR) is 61.6 cm³/mol. The fourth-order valence-electron chi connectivity index (χ4n) is 1.13. The number of nitrogens with one attached hydrogen (secondary N) is 1. The molecule has 78 valence electrons. The third-order valence-corrected chi connectivity index (χ3v) is 4.11. The maximum Gasteiger partial charge on any atom is 0.262 e. The molecule has 15 heavy (non-hydrogen) atoms. The first-order chi connectivity index (χ1) is 7.18. The first-order valence-corrected chi connectivity index (χ1v) is 6.66. The number of hydrogen-bond acceptors (Lipinski definition) is 3. The molecular weight excluding hydrogens is 230 g/mol. The minimum Gasteiger partial charge on any atom is -0.270 e. The van der Waals surface area contributed by atoms with Crippen LogP contribution in [0.2, 0.25) is 0 Å². The van der Waals surface area contributed by atoms with Crippen LogP contribution in [-0.4, -0.2) is 8.42 Å². The van der Waals surface area contributed by atoms with Crippen molar-refractivity contribution in [3.63, 3.8) is 0 Å². The Morgan fingerprint density at radius 1 is 1.00 bits per heavy atom. The Labute approximate surface area is 92.4 Å². The van der Waals surface area contributed by atoms with Crippen LogP contribution in [0.4, 0.5) is 5.00 Å². The summed E-state index contributed by atoms with van der Waals surface area (Å²) in [6, 6.07) is 11.8. The highest BCUT2D eigenvalue weighted by Crippen LogP contribution is 2.19. The summed E-state index contributed by atoms with van der Waals surface area (Å²) in [6.45, 7) is 0. The van der Waals surface area contributed by atoms with Crippen LogP contribution in [-0.2, 0) is 10.0 Å². The standard InChI is InChI=1S/C10H9NO2S2/c12-15(13,9-5-2-1-3-6-9)11-10-7-4-8-14-10/h1-8,11H. The minimum atomic E-state index is -3.42. The van der Waals surface area contributed by atoms with Gasteiger partial charge in [-0.25, -0.2) is 8.42 Å². The van der Waals surface area contributed by atoms with Gasteiger partial charge in [0.15, 0.2) is 0 Å². The molecule has 2 aromatic rings. The molecule has 0 fully saturated rings. The molecule has 0 spiro atoms. The van der Waals surface area contributed by atoms with Crippen molar-refractivity contribution in [3.05, 3.63) is 47.8 Å². The third kappa shape index (κ3) is 2.37. The molecule has 0 atom stereocenters. The summed E-state index contributed by atoms with van der Waals surface area (Å²) in [4.78, 5) is 0.276. The van der Waals surface area contributed by atoms with E-state index in [-0.39, 0.29) is 4.90 Å². The molecule has 1 heterocycles. The first kappa shape index (κ1) is 10.2. The van der Waals surface area contributed by atoms with Crippen molar-refractivity contribution in [3.8, 4) is 0 Å². The van der Waals surface area contributed by atoms with Gasteiger partial charge >= 0.3 is 0 Å². The van der Waals surface area contributed by atoms with Crippen molar-refractivity contribution < 1.29 is 8.42 Å². The molecule has 0 aliphatic carbocycles. The second kappa shape index (κ2) is 4.04. The normalized spacial score (nSPS) is 11.2. The lowest BCUT2D eigenvalue weighted by Crippen LogP contribution is -2.11. The SMILES string of the molecule is O=S(=O)(Nc1cccs1)c1ccccc1. The molecule has 0 saturated heterocycles. The van der Waals surface area contributed by atoms with E-state index in [4.69, 9.17) is 0 Å². The van der Waals surface area contributed by atoms with Gasteiger partial charge in [0, 0.05) is 0 Å². The predicted octanol–water partition coefficient (Wildman–Crippen LogP) is 2.55. The highest BCUT2D eigenvalue weighted by atomic mass is 32.2. The van der Waals surface area contributed by atoms with Crippen LogP contribution in [0.15, 0.2) is 52.7 Å². The van der Waals surface area contributed by atoms with Gasteiger partial charge in [0.2, 0.25) is 0 Å². The highest BCUT2D eigenvalue weighted by molar-refractivity contribution is 7.93. The second-order valence-electron chi connectivity index (χ2n) is 2.90. The molecule has 0 unspecified atom stereocenters. The summed E-state index contributed by atoms with van der Waals surface area (Å²) in [7, 11) is -3.42. The molecule has 0 aliphatic rings. The maximum atomic E-state index is 11.8. The molecule has 0 saturated carbocycles. The maximum absolute atomic E-state index is 11.8. The van der Waals surface area contributed by atoms with Crippen molar-refractivity contribution in [2.75, 3.05) is 4.72 Å². The number of hydrogen-bond donors (Lipinski definition) is 1. The molecule has 3 nitrogen and oxygen atoms in total. The Hall–Kier alpha value is -1.33. The zero-order valence-corrected chi connectivity index (χ0v) is 9.38.